The fraction of sp³-hybridized carbons (Fsp3) is 0.286. The molecule has 0 bridgehead atoms. The number of nitrogens with zero attached hydrogens (tertiary/aromatic N) is 3. The van der Waals surface area contributed by atoms with Crippen LogP contribution in [0.15, 0.2) is 48.8 Å². The van der Waals surface area contributed by atoms with Crippen LogP contribution in [0.25, 0.3) is 17.5 Å². The van der Waals surface area contributed by atoms with E-state index >= 15 is 0 Å². The van der Waals surface area contributed by atoms with Crippen molar-refractivity contribution in [3.05, 3.63) is 76.7 Å². The Bertz CT molecular complexity index is 1310. The molecule has 170 valence electrons. The summed E-state index contributed by atoms with van der Waals surface area (Å²) < 4.78 is 0. The maximum atomic E-state index is 10.6. The smallest absolute Gasteiger partial charge is 0.303 e. The molecule has 0 saturated carbocycles. The van der Waals surface area contributed by atoms with Gasteiger partial charge in [0, 0.05) is 48.0 Å². The summed E-state index contributed by atoms with van der Waals surface area (Å²) in [6.07, 6.45) is 13.0. The van der Waals surface area contributed by atoms with Crippen LogP contribution in [-0.4, -0.2) is 32.1 Å². The van der Waals surface area contributed by atoms with Crippen LogP contribution in [0.3, 0.4) is 0 Å². The Hall–Kier alpha value is -3.98. The van der Waals surface area contributed by atoms with Crippen molar-refractivity contribution in [2.45, 2.75) is 51.0 Å². The third-order valence-corrected chi connectivity index (χ3v) is 6.18. The van der Waals surface area contributed by atoms with Gasteiger partial charge in [0.1, 0.15) is 5.82 Å². The number of hydrogen-bond donors (Lipinski definition) is 2. The van der Waals surface area contributed by atoms with Crippen LogP contribution in [0.5, 0.6) is 0 Å². The molecule has 0 saturated heterocycles. The van der Waals surface area contributed by atoms with Gasteiger partial charge in [-0.1, -0.05) is 30.1 Å². The van der Waals surface area contributed by atoms with E-state index in [2.05, 4.69) is 52.5 Å². The fourth-order valence-electron chi connectivity index (χ4n) is 4.52. The minimum Gasteiger partial charge on any atom is -0.481 e. The number of hydrogen-bond acceptors (Lipinski definition) is 5. The Morgan fingerprint density at radius 3 is 2.94 bits per heavy atom. The van der Waals surface area contributed by atoms with E-state index in [1.807, 2.05) is 12.1 Å². The van der Waals surface area contributed by atoms with Crippen molar-refractivity contribution < 1.29 is 9.90 Å². The Labute approximate surface area is 199 Å². The van der Waals surface area contributed by atoms with E-state index in [1.54, 1.807) is 12.4 Å². The van der Waals surface area contributed by atoms with Crippen LogP contribution >= 0.6 is 0 Å². The second kappa shape index (κ2) is 9.88. The maximum absolute atomic E-state index is 10.6. The predicted octanol–water partition coefficient (Wildman–Crippen LogP) is 4.68. The van der Waals surface area contributed by atoms with Gasteiger partial charge in [-0.2, -0.15) is 0 Å². The fourth-order valence-corrected chi connectivity index (χ4v) is 4.52. The summed E-state index contributed by atoms with van der Waals surface area (Å²) in [6.45, 7) is 0. The van der Waals surface area contributed by atoms with Crippen molar-refractivity contribution in [2.24, 2.45) is 0 Å². The first kappa shape index (κ1) is 21.8. The first-order chi connectivity index (χ1) is 16.7. The van der Waals surface area contributed by atoms with E-state index < -0.39 is 5.97 Å². The summed E-state index contributed by atoms with van der Waals surface area (Å²) in [5, 5.41) is 12.4. The van der Waals surface area contributed by atoms with E-state index in [1.165, 1.54) is 11.1 Å². The number of rotatable bonds is 6. The lowest BCUT2D eigenvalue weighted by Crippen LogP contribution is -2.22. The third kappa shape index (κ3) is 4.99. The van der Waals surface area contributed by atoms with Crippen LogP contribution in [0.1, 0.15) is 53.6 Å². The van der Waals surface area contributed by atoms with Gasteiger partial charge < -0.3 is 10.4 Å². The first-order valence-electron chi connectivity index (χ1n) is 11.7. The van der Waals surface area contributed by atoms with Gasteiger partial charge in [0.15, 0.2) is 5.82 Å². The van der Waals surface area contributed by atoms with Crippen LogP contribution in [0, 0.1) is 11.8 Å². The molecule has 0 fully saturated rings. The summed E-state index contributed by atoms with van der Waals surface area (Å²) in [6, 6.07) is 10.5. The highest BCUT2D eigenvalue weighted by molar-refractivity contribution is 5.70. The van der Waals surface area contributed by atoms with Crippen LogP contribution in [0.2, 0.25) is 0 Å². The van der Waals surface area contributed by atoms with Gasteiger partial charge in [0.2, 0.25) is 0 Å². The number of carboxylic acids is 1. The van der Waals surface area contributed by atoms with Crippen molar-refractivity contribution in [1.29, 1.82) is 0 Å². The second-order valence-electron chi connectivity index (χ2n) is 8.72. The molecule has 0 aliphatic heterocycles. The number of nitrogens with one attached hydrogen (secondary N) is 1. The van der Waals surface area contributed by atoms with Crippen molar-refractivity contribution in [2.75, 3.05) is 5.32 Å². The molecule has 3 aromatic rings. The summed E-state index contributed by atoms with van der Waals surface area (Å²) in [5.41, 5.74) is 6.71. The molecular weight excluding hydrogens is 424 g/mol. The quantitative estimate of drug-likeness (QED) is 0.419. The molecule has 1 atom stereocenters. The molecule has 2 N–H and O–H groups in total. The monoisotopic (exact) mass is 450 g/mol. The Balaban J connectivity index is 1.32. The van der Waals surface area contributed by atoms with E-state index in [9.17, 15) is 4.79 Å². The normalized spacial score (nSPS) is 15.7. The number of benzene rings is 1. The molecule has 6 heteroatoms. The summed E-state index contributed by atoms with van der Waals surface area (Å²) in [5.74, 6) is 7.10. The second-order valence-corrected chi connectivity index (χ2v) is 8.72. The molecule has 0 amide bonds. The summed E-state index contributed by atoms with van der Waals surface area (Å²) in [7, 11) is 0. The highest BCUT2D eigenvalue weighted by atomic mass is 16.4. The number of unbranched alkanes of at least 4 members (excludes halogenated alkanes) is 1. The average molecular weight is 451 g/mol. The molecule has 6 nitrogen and oxygen atoms in total. The number of carbonyl (C=O) groups is 1. The van der Waals surface area contributed by atoms with Gasteiger partial charge in [-0.3, -0.25) is 9.78 Å². The molecular formula is C28H26N4O2. The molecule has 0 radical (unpaired) electrons. The minimum absolute atomic E-state index is 0.163. The van der Waals surface area contributed by atoms with Crippen LogP contribution in [-0.2, 0) is 24.1 Å². The van der Waals surface area contributed by atoms with Crippen LogP contribution in [0.4, 0.5) is 5.82 Å². The zero-order valence-corrected chi connectivity index (χ0v) is 18.9. The van der Waals surface area contributed by atoms with E-state index in [0.717, 1.165) is 53.9 Å². The van der Waals surface area contributed by atoms with Gasteiger partial charge in [-0.05, 0) is 67.5 Å². The third-order valence-electron chi connectivity index (χ3n) is 6.18. The van der Waals surface area contributed by atoms with Crippen molar-refractivity contribution in [3.8, 4) is 23.2 Å². The van der Waals surface area contributed by atoms with E-state index in [4.69, 9.17) is 15.1 Å². The van der Waals surface area contributed by atoms with Gasteiger partial charge in [0.05, 0.1) is 5.69 Å². The molecule has 1 unspecified atom stereocenters. The van der Waals surface area contributed by atoms with E-state index in [-0.39, 0.29) is 12.5 Å². The Morgan fingerprint density at radius 1 is 1.18 bits per heavy atom. The summed E-state index contributed by atoms with van der Waals surface area (Å²) in [4.78, 5) is 24.6. The minimum atomic E-state index is -0.772. The molecule has 2 aliphatic carbocycles. The maximum Gasteiger partial charge on any atom is 0.303 e. The standard InChI is InChI=1S/C28H26N4O2/c33-26(34)11-3-1-2-7-19-12-13-20-16-23(17-22(20)15-19)30-28-24-9-4-5-10-25(24)31-27(32-28)21-8-6-14-29-18-21/h4,6,8-9,12-15,18,23H,1,3,5,10-11,16-17H2,(H,33,34)(H,30,31,32). The lowest BCUT2D eigenvalue weighted by Gasteiger charge is -2.19. The molecule has 5 rings (SSSR count). The molecule has 2 aromatic heterocycles. The zero-order valence-electron chi connectivity index (χ0n) is 18.9. The number of carboxylic acid groups (broad SMARTS) is 1. The molecule has 0 spiro atoms. The Morgan fingerprint density at radius 2 is 2.09 bits per heavy atom. The number of aromatic nitrogens is 3. The van der Waals surface area contributed by atoms with Crippen molar-refractivity contribution in [1.82, 2.24) is 15.0 Å². The predicted molar refractivity (Wildman–Crippen MR) is 132 cm³/mol. The lowest BCUT2D eigenvalue weighted by molar-refractivity contribution is -0.137. The lowest BCUT2D eigenvalue weighted by atomic mass is 10.0. The van der Waals surface area contributed by atoms with Gasteiger partial charge in [-0.15, -0.1) is 0 Å². The highest BCUT2D eigenvalue weighted by Gasteiger charge is 2.24. The largest absolute Gasteiger partial charge is 0.481 e. The van der Waals surface area contributed by atoms with E-state index in [0.29, 0.717) is 18.7 Å². The molecule has 2 aliphatic rings. The number of pyridine rings is 1. The van der Waals surface area contributed by atoms with Gasteiger partial charge >= 0.3 is 5.97 Å². The summed E-state index contributed by atoms with van der Waals surface area (Å²) >= 11 is 0. The number of fused-ring (bicyclic) bond motifs is 2. The topological polar surface area (TPSA) is 88.0 Å². The van der Waals surface area contributed by atoms with Gasteiger partial charge in [0.25, 0.3) is 0 Å². The number of aryl methyl sites for hydroxylation is 1. The number of allylic oxidation sites excluding steroid dienone is 1. The number of anilines is 1. The Kier molecular flexibility index (Phi) is 6.35. The average Bonchev–Trinajstić information content (AvgIpc) is 3.25. The molecule has 34 heavy (non-hydrogen) atoms. The molecule has 1 aromatic carbocycles. The van der Waals surface area contributed by atoms with Crippen molar-refractivity contribution in [3.63, 3.8) is 0 Å². The van der Waals surface area contributed by atoms with Crippen molar-refractivity contribution >= 4 is 17.9 Å². The zero-order chi connectivity index (χ0) is 23.3. The molecule has 2 heterocycles. The first-order valence-corrected chi connectivity index (χ1v) is 11.7. The van der Waals surface area contributed by atoms with Gasteiger partial charge in [-0.25, -0.2) is 9.97 Å². The highest BCUT2D eigenvalue weighted by Crippen LogP contribution is 2.30. The number of aliphatic carboxylic acids is 1. The SMILES string of the molecule is O=C(O)CCCC#Cc1ccc2c(c1)CC(Nc1nc(-c3cccnc3)nc3c1C=CCC3)C2. The van der Waals surface area contributed by atoms with Crippen LogP contribution < -0.4 is 5.32 Å².